The van der Waals surface area contributed by atoms with Gasteiger partial charge in [-0.05, 0) is 37.6 Å². The van der Waals surface area contributed by atoms with Crippen molar-refractivity contribution >= 4 is 15.9 Å². The lowest BCUT2D eigenvalue weighted by molar-refractivity contribution is 0.0609. The van der Waals surface area contributed by atoms with E-state index >= 15 is 0 Å². The van der Waals surface area contributed by atoms with E-state index in [4.69, 9.17) is 10.6 Å². The molecule has 0 aliphatic carbocycles. The van der Waals surface area contributed by atoms with Gasteiger partial charge in [-0.1, -0.05) is 15.9 Å². The molecule has 0 amide bonds. The molecule has 0 aromatic heterocycles. The van der Waals surface area contributed by atoms with Gasteiger partial charge in [-0.25, -0.2) is 4.39 Å². The summed E-state index contributed by atoms with van der Waals surface area (Å²) in [7, 11) is 0. The van der Waals surface area contributed by atoms with E-state index in [2.05, 4.69) is 21.4 Å². The number of hydrogen-bond acceptors (Lipinski definition) is 3. The van der Waals surface area contributed by atoms with Gasteiger partial charge in [0.25, 0.3) is 0 Å². The maximum atomic E-state index is 13.1. The van der Waals surface area contributed by atoms with E-state index in [-0.39, 0.29) is 18.0 Å². The monoisotopic (exact) mass is 290 g/mol. The van der Waals surface area contributed by atoms with Gasteiger partial charge >= 0.3 is 0 Å². The van der Waals surface area contributed by atoms with Gasteiger partial charge in [0, 0.05) is 4.47 Å². The van der Waals surface area contributed by atoms with Gasteiger partial charge in [0.1, 0.15) is 5.82 Å². The number of ether oxygens (including phenoxy) is 1. The van der Waals surface area contributed by atoms with Crippen LogP contribution in [0, 0.1) is 5.82 Å². The minimum atomic E-state index is -0.289. The first-order valence-electron chi connectivity index (χ1n) is 5.07. The summed E-state index contributed by atoms with van der Waals surface area (Å²) >= 11 is 3.36. The fraction of sp³-hybridized carbons (Fsp3) is 0.455. The minimum absolute atomic E-state index is 0.114. The molecule has 0 aliphatic rings. The average Bonchev–Trinajstić information content (AvgIpc) is 2.23. The lowest BCUT2D eigenvalue weighted by Crippen LogP contribution is -2.32. The quantitative estimate of drug-likeness (QED) is 0.647. The molecular formula is C11H16BrFN2O. The molecular weight excluding hydrogens is 275 g/mol. The summed E-state index contributed by atoms with van der Waals surface area (Å²) in [6.45, 7) is 4.28. The Kier molecular flexibility index (Phi) is 5.34. The van der Waals surface area contributed by atoms with Crippen LogP contribution < -0.4 is 11.3 Å². The summed E-state index contributed by atoms with van der Waals surface area (Å²) in [6, 6.07) is 4.26. The average molecular weight is 291 g/mol. The Morgan fingerprint density at radius 3 is 2.75 bits per heavy atom. The van der Waals surface area contributed by atoms with E-state index in [1.165, 1.54) is 12.1 Å². The van der Waals surface area contributed by atoms with Crippen LogP contribution in [0.15, 0.2) is 22.7 Å². The molecule has 0 radical (unpaired) electrons. The van der Waals surface area contributed by atoms with Crippen LogP contribution >= 0.6 is 15.9 Å². The van der Waals surface area contributed by atoms with Crippen molar-refractivity contribution in [2.45, 2.75) is 26.0 Å². The van der Waals surface area contributed by atoms with Crippen LogP contribution in [0.1, 0.15) is 25.5 Å². The van der Waals surface area contributed by atoms with Gasteiger partial charge in [-0.3, -0.25) is 11.3 Å². The van der Waals surface area contributed by atoms with Crippen molar-refractivity contribution < 1.29 is 9.13 Å². The first-order valence-corrected chi connectivity index (χ1v) is 5.86. The Morgan fingerprint density at radius 2 is 2.19 bits per heavy atom. The Bertz CT molecular complexity index is 347. The summed E-state index contributed by atoms with van der Waals surface area (Å²) in [5, 5.41) is 0. The van der Waals surface area contributed by atoms with Crippen molar-refractivity contribution in [2.75, 3.05) is 6.61 Å². The van der Waals surface area contributed by atoms with Gasteiger partial charge in [0.15, 0.2) is 0 Å². The van der Waals surface area contributed by atoms with Crippen LogP contribution in [0.25, 0.3) is 0 Å². The lowest BCUT2D eigenvalue weighted by Gasteiger charge is -2.19. The Hall–Kier alpha value is -0.490. The third-order valence-corrected chi connectivity index (χ3v) is 2.85. The molecule has 90 valence electrons. The standard InChI is InChI=1S/C11H16BrFN2O/c1-7(2)16-6-11(15-14)9-5-8(13)3-4-10(9)12/h3-5,7,11,15H,6,14H2,1-2H3. The number of rotatable bonds is 5. The highest BCUT2D eigenvalue weighted by Gasteiger charge is 2.14. The predicted octanol–water partition coefficient (Wildman–Crippen LogP) is 2.52. The van der Waals surface area contributed by atoms with Crippen LogP contribution in [0.2, 0.25) is 0 Å². The van der Waals surface area contributed by atoms with E-state index < -0.39 is 0 Å². The van der Waals surface area contributed by atoms with E-state index in [1.807, 2.05) is 13.8 Å². The highest BCUT2D eigenvalue weighted by Crippen LogP contribution is 2.24. The fourth-order valence-corrected chi connectivity index (χ4v) is 1.82. The molecule has 0 fully saturated rings. The third-order valence-electron chi connectivity index (χ3n) is 2.13. The van der Waals surface area contributed by atoms with E-state index in [9.17, 15) is 4.39 Å². The molecule has 0 heterocycles. The highest BCUT2D eigenvalue weighted by atomic mass is 79.9. The van der Waals surface area contributed by atoms with Crippen molar-refractivity contribution in [3.05, 3.63) is 34.1 Å². The molecule has 0 saturated heterocycles. The summed E-state index contributed by atoms with van der Waals surface area (Å²) in [5.41, 5.74) is 3.37. The number of nitrogens with two attached hydrogens (primary N) is 1. The van der Waals surface area contributed by atoms with Gasteiger partial charge in [0.05, 0.1) is 18.8 Å². The molecule has 0 spiro atoms. The van der Waals surface area contributed by atoms with Crippen molar-refractivity contribution in [3.8, 4) is 0 Å². The summed E-state index contributed by atoms with van der Waals surface area (Å²) in [5.74, 6) is 5.15. The Balaban J connectivity index is 2.81. The molecule has 1 rings (SSSR count). The molecule has 0 saturated carbocycles. The van der Waals surface area contributed by atoms with Crippen LogP contribution in [-0.2, 0) is 4.74 Å². The molecule has 1 aromatic carbocycles. The van der Waals surface area contributed by atoms with Crippen molar-refractivity contribution in [3.63, 3.8) is 0 Å². The summed E-state index contributed by atoms with van der Waals surface area (Å²) in [4.78, 5) is 0. The zero-order valence-electron chi connectivity index (χ0n) is 9.34. The summed E-state index contributed by atoms with van der Waals surface area (Å²) in [6.07, 6.45) is 0.114. The Morgan fingerprint density at radius 1 is 1.50 bits per heavy atom. The second-order valence-corrected chi connectivity index (χ2v) is 4.62. The van der Waals surface area contributed by atoms with Gasteiger partial charge in [0.2, 0.25) is 0 Å². The van der Waals surface area contributed by atoms with Gasteiger partial charge < -0.3 is 4.74 Å². The second-order valence-electron chi connectivity index (χ2n) is 3.77. The molecule has 0 bridgehead atoms. The van der Waals surface area contributed by atoms with Crippen molar-refractivity contribution in [1.82, 2.24) is 5.43 Å². The molecule has 1 atom stereocenters. The molecule has 1 unspecified atom stereocenters. The maximum Gasteiger partial charge on any atom is 0.123 e. The largest absolute Gasteiger partial charge is 0.377 e. The van der Waals surface area contributed by atoms with E-state index in [0.717, 1.165) is 10.0 Å². The number of hydrazine groups is 1. The van der Waals surface area contributed by atoms with Gasteiger partial charge in [-0.2, -0.15) is 0 Å². The first kappa shape index (κ1) is 13.6. The third kappa shape index (κ3) is 3.83. The lowest BCUT2D eigenvalue weighted by atomic mass is 10.1. The maximum absolute atomic E-state index is 13.1. The molecule has 5 heteroatoms. The smallest absolute Gasteiger partial charge is 0.123 e. The predicted molar refractivity (Wildman–Crippen MR) is 65.3 cm³/mol. The van der Waals surface area contributed by atoms with E-state index in [0.29, 0.717) is 6.61 Å². The van der Waals surface area contributed by atoms with Crippen molar-refractivity contribution in [2.24, 2.45) is 5.84 Å². The first-order chi connectivity index (χ1) is 7.54. The SMILES string of the molecule is CC(C)OCC(NN)c1cc(F)ccc1Br. The fourth-order valence-electron chi connectivity index (χ4n) is 1.30. The number of nitrogens with one attached hydrogen (secondary N) is 1. The van der Waals surface area contributed by atoms with Crippen LogP contribution in [0.4, 0.5) is 4.39 Å². The molecule has 3 N–H and O–H groups in total. The van der Waals surface area contributed by atoms with Crippen LogP contribution in [0.5, 0.6) is 0 Å². The normalized spacial score (nSPS) is 13.1. The number of halogens is 2. The molecule has 16 heavy (non-hydrogen) atoms. The Labute approximate surface area is 103 Å². The topological polar surface area (TPSA) is 47.3 Å². The summed E-state index contributed by atoms with van der Waals surface area (Å²) < 4.78 is 19.4. The molecule has 1 aromatic rings. The van der Waals surface area contributed by atoms with Gasteiger partial charge in [-0.15, -0.1) is 0 Å². The molecule has 3 nitrogen and oxygen atoms in total. The highest BCUT2D eigenvalue weighted by molar-refractivity contribution is 9.10. The second kappa shape index (κ2) is 6.30. The molecule has 0 aliphatic heterocycles. The van der Waals surface area contributed by atoms with Crippen LogP contribution in [0.3, 0.4) is 0 Å². The number of hydrogen-bond donors (Lipinski definition) is 2. The zero-order chi connectivity index (χ0) is 12.1. The van der Waals surface area contributed by atoms with Crippen molar-refractivity contribution in [1.29, 1.82) is 0 Å². The van der Waals surface area contributed by atoms with Crippen LogP contribution in [-0.4, -0.2) is 12.7 Å². The number of benzene rings is 1. The minimum Gasteiger partial charge on any atom is -0.377 e. The zero-order valence-corrected chi connectivity index (χ0v) is 10.9. The van der Waals surface area contributed by atoms with E-state index in [1.54, 1.807) is 6.07 Å².